The lowest BCUT2D eigenvalue weighted by Crippen LogP contribution is -2.12. The average Bonchev–Trinajstić information content (AvgIpc) is 2.82. The maximum atomic E-state index is 5.44. The minimum absolute atomic E-state index is 0.734. The smallest absolute Gasteiger partial charge is 0.0991 e. The van der Waals surface area contributed by atoms with Crippen molar-refractivity contribution < 1.29 is 4.74 Å². The van der Waals surface area contributed by atoms with Gasteiger partial charge in [0.05, 0.1) is 25.2 Å². The third-order valence-electron chi connectivity index (χ3n) is 2.78. The number of hydrogen-bond acceptors (Lipinski definition) is 2. The summed E-state index contributed by atoms with van der Waals surface area (Å²) in [7, 11) is 0. The highest BCUT2D eigenvalue weighted by Crippen LogP contribution is 2.23. The summed E-state index contributed by atoms with van der Waals surface area (Å²) in [4.78, 5) is 4.08. The first-order valence-corrected chi connectivity index (χ1v) is 5.12. The fourth-order valence-electron chi connectivity index (χ4n) is 2.04. The average molecular weight is 200 g/mol. The highest BCUT2D eigenvalue weighted by molar-refractivity contribution is 5.46. The fourth-order valence-corrected chi connectivity index (χ4v) is 2.04. The van der Waals surface area contributed by atoms with Crippen LogP contribution in [0, 0.1) is 0 Å². The third-order valence-corrected chi connectivity index (χ3v) is 2.78. The fraction of sp³-hybridized carbons (Fsp3) is 0.250. The largest absolute Gasteiger partial charge is 0.376 e. The molecular weight excluding hydrogens is 188 g/mol. The molecule has 0 unspecified atom stereocenters. The Hall–Kier alpha value is -1.61. The van der Waals surface area contributed by atoms with Gasteiger partial charge in [-0.15, -0.1) is 0 Å². The standard InChI is InChI=1S/C12H12N2O/c1-2-10-8-15-7-4-11(10)12(3-1)14-6-5-13-9-14/h1-3,5-6,9H,4,7-8H2. The zero-order valence-corrected chi connectivity index (χ0v) is 8.39. The van der Waals surface area contributed by atoms with Gasteiger partial charge in [-0.05, 0) is 23.6 Å². The van der Waals surface area contributed by atoms with Gasteiger partial charge in [0, 0.05) is 12.4 Å². The van der Waals surface area contributed by atoms with Crippen molar-refractivity contribution in [1.82, 2.24) is 9.55 Å². The van der Waals surface area contributed by atoms with Crippen molar-refractivity contribution in [3.63, 3.8) is 0 Å². The van der Waals surface area contributed by atoms with Crippen LogP contribution < -0.4 is 0 Å². The Labute approximate surface area is 88.3 Å². The van der Waals surface area contributed by atoms with E-state index in [0.717, 1.165) is 19.6 Å². The summed E-state index contributed by atoms with van der Waals surface area (Å²) in [5.74, 6) is 0. The maximum Gasteiger partial charge on any atom is 0.0991 e. The summed E-state index contributed by atoms with van der Waals surface area (Å²) in [6, 6.07) is 6.34. The number of ether oxygens (including phenoxy) is 1. The van der Waals surface area contributed by atoms with E-state index in [2.05, 4.69) is 27.8 Å². The lowest BCUT2D eigenvalue weighted by molar-refractivity contribution is 0.110. The molecule has 0 fully saturated rings. The van der Waals surface area contributed by atoms with Crippen LogP contribution in [0.3, 0.4) is 0 Å². The summed E-state index contributed by atoms with van der Waals surface area (Å²) < 4.78 is 7.50. The third kappa shape index (κ3) is 1.45. The molecule has 0 aliphatic carbocycles. The summed E-state index contributed by atoms with van der Waals surface area (Å²) in [6.45, 7) is 1.55. The van der Waals surface area contributed by atoms with Gasteiger partial charge in [0.25, 0.3) is 0 Å². The first-order chi connectivity index (χ1) is 7.45. The second kappa shape index (κ2) is 3.51. The number of imidazole rings is 1. The summed E-state index contributed by atoms with van der Waals surface area (Å²) in [5.41, 5.74) is 3.92. The summed E-state index contributed by atoms with van der Waals surface area (Å²) in [5, 5.41) is 0. The van der Waals surface area contributed by atoms with Crippen LogP contribution in [-0.2, 0) is 17.8 Å². The van der Waals surface area contributed by atoms with Crippen molar-refractivity contribution in [2.75, 3.05) is 6.61 Å². The van der Waals surface area contributed by atoms with Crippen LogP contribution in [0.1, 0.15) is 11.1 Å². The molecule has 1 aliphatic heterocycles. The molecule has 0 radical (unpaired) electrons. The van der Waals surface area contributed by atoms with Gasteiger partial charge in [0.2, 0.25) is 0 Å². The van der Waals surface area contributed by atoms with Gasteiger partial charge in [-0.2, -0.15) is 0 Å². The highest BCUT2D eigenvalue weighted by Gasteiger charge is 2.13. The van der Waals surface area contributed by atoms with Crippen LogP contribution in [0.25, 0.3) is 5.69 Å². The molecule has 0 spiro atoms. The van der Waals surface area contributed by atoms with E-state index in [4.69, 9.17) is 4.74 Å². The Morgan fingerprint density at radius 3 is 3.20 bits per heavy atom. The normalized spacial score (nSPS) is 14.9. The Kier molecular flexibility index (Phi) is 2.03. The molecule has 0 saturated heterocycles. The Morgan fingerprint density at radius 1 is 1.33 bits per heavy atom. The molecule has 1 aromatic heterocycles. The van der Waals surface area contributed by atoms with E-state index in [-0.39, 0.29) is 0 Å². The van der Waals surface area contributed by atoms with Crippen LogP contribution in [-0.4, -0.2) is 16.2 Å². The van der Waals surface area contributed by atoms with Crippen LogP contribution in [0.2, 0.25) is 0 Å². The predicted molar refractivity (Wildman–Crippen MR) is 56.9 cm³/mol. The zero-order chi connectivity index (χ0) is 10.1. The molecule has 0 atom stereocenters. The summed E-state index contributed by atoms with van der Waals surface area (Å²) in [6.07, 6.45) is 6.61. The molecule has 2 aromatic rings. The molecule has 3 rings (SSSR count). The first-order valence-electron chi connectivity index (χ1n) is 5.12. The molecule has 2 heterocycles. The first kappa shape index (κ1) is 8.68. The zero-order valence-electron chi connectivity index (χ0n) is 8.39. The van der Waals surface area contributed by atoms with Crippen LogP contribution in [0.15, 0.2) is 36.9 Å². The lowest BCUT2D eigenvalue weighted by Gasteiger charge is -2.19. The van der Waals surface area contributed by atoms with E-state index in [9.17, 15) is 0 Å². The lowest BCUT2D eigenvalue weighted by atomic mass is 10.0. The molecule has 76 valence electrons. The topological polar surface area (TPSA) is 27.1 Å². The van der Waals surface area contributed by atoms with E-state index in [0.29, 0.717) is 0 Å². The molecule has 15 heavy (non-hydrogen) atoms. The molecular formula is C12H12N2O. The minimum Gasteiger partial charge on any atom is -0.376 e. The van der Waals surface area contributed by atoms with Crippen molar-refractivity contribution in [3.05, 3.63) is 48.0 Å². The number of aromatic nitrogens is 2. The predicted octanol–water partition coefficient (Wildman–Crippen LogP) is 1.95. The van der Waals surface area contributed by atoms with Gasteiger partial charge >= 0.3 is 0 Å². The van der Waals surface area contributed by atoms with Crippen molar-refractivity contribution >= 4 is 0 Å². The SMILES string of the molecule is c1cc2c(c(-n3ccnc3)c1)CCOC2. The quantitative estimate of drug-likeness (QED) is 0.703. The van der Waals surface area contributed by atoms with Gasteiger partial charge in [-0.1, -0.05) is 12.1 Å². The monoisotopic (exact) mass is 200 g/mol. The summed E-state index contributed by atoms with van der Waals surface area (Å²) >= 11 is 0. The van der Waals surface area contributed by atoms with Crippen molar-refractivity contribution in [2.45, 2.75) is 13.0 Å². The molecule has 0 saturated carbocycles. The Morgan fingerprint density at radius 2 is 2.33 bits per heavy atom. The van der Waals surface area contributed by atoms with Gasteiger partial charge in [-0.25, -0.2) is 4.98 Å². The number of fused-ring (bicyclic) bond motifs is 1. The van der Waals surface area contributed by atoms with E-state index >= 15 is 0 Å². The molecule has 3 heteroatoms. The number of hydrogen-bond donors (Lipinski definition) is 0. The van der Waals surface area contributed by atoms with E-state index in [1.54, 1.807) is 6.20 Å². The van der Waals surface area contributed by atoms with E-state index in [1.807, 2.05) is 12.5 Å². The molecule has 3 nitrogen and oxygen atoms in total. The molecule has 0 N–H and O–H groups in total. The molecule has 0 bridgehead atoms. The van der Waals surface area contributed by atoms with Crippen LogP contribution in [0.5, 0.6) is 0 Å². The van der Waals surface area contributed by atoms with Gasteiger partial charge < -0.3 is 9.30 Å². The highest BCUT2D eigenvalue weighted by atomic mass is 16.5. The number of nitrogens with zero attached hydrogens (tertiary/aromatic N) is 2. The molecule has 0 amide bonds. The Bertz CT molecular complexity index is 462. The van der Waals surface area contributed by atoms with E-state index < -0.39 is 0 Å². The van der Waals surface area contributed by atoms with Crippen LogP contribution in [0.4, 0.5) is 0 Å². The van der Waals surface area contributed by atoms with Crippen molar-refractivity contribution in [3.8, 4) is 5.69 Å². The van der Waals surface area contributed by atoms with Crippen molar-refractivity contribution in [2.24, 2.45) is 0 Å². The minimum atomic E-state index is 0.734. The van der Waals surface area contributed by atoms with Gasteiger partial charge in [0.1, 0.15) is 0 Å². The van der Waals surface area contributed by atoms with E-state index in [1.165, 1.54) is 16.8 Å². The van der Waals surface area contributed by atoms with Gasteiger partial charge in [-0.3, -0.25) is 0 Å². The molecule has 1 aliphatic rings. The Balaban J connectivity index is 2.15. The van der Waals surface area contributed by atoms with Crippen molar-refractivity contribution in [1.29, 1.82) is 0 Å². The second-order valence-corrected chi connectivity index (χ2v) is 3.69. The number of rotatable bonds is 1. The molecule has 1 aromatic carbocycles. The maximum absolute atomic E-state index is 5.44. The number of benzene rings is 1. The van der Waals surface area contributed by atoms with Gasteiger partial charge in [0.15, 0.2) is 0 Å². The van der Waals surface area contributed by atoms with Crippen LogP contribution >= 0.6 is 0 Å². The second-order valence-electron chi connectivity index (χ2n) is 3.69.